The quantitative estimate of drug-likeness (QED) is 0.502. The predicted octanol–water partition coefficient (Wildman–Crippen LogP) is 5.24. The largest absolute Gasteiger partial charge is 0.497 e. The fraction of sp³-hybridized carbons (Fsp3) is 0.154. The number of nitrogens with two attached hydrogens (primary N) is 1. The lowest BCUT2D eigenvalue weighted by atomic mass is 9.85. The third-order valence-electron chi connectivity index (χ3n) is 5.81. The number of benzene rings is 3. The molecule has 0 radical (unpaired) electrons. The number of nitrogen functional groups attached to an aromatic ring is 1. The van der Waals surface area contributed by atoms with Crippen molar-refractivity contribution >= 4 is 11.7 Å². The molecule has 0 spiro atoms. The lowest BCUT2D eigenvalue weighted by molar-refractivity contribution is 0.414. The average Bonchev–Trinajstić information content (AvgIpc) is 3.16. The molecule has 1 aromatic heterocycles. The van der Waals surface area contributed by atoms with Gasteiger partial charge < -0.3 is 10.5 Å². The Morgan fingerprint density at radius 1 is 0.903 bits per heavy atom. The molecule has 1 aliphatic rings. The van der Waals surface area contributed by atoms with Crippen LogP contribution in [0.2, 0.25) is 0 Å². The Hall–Kier alpha value is -3.86. The summed E-state index contributed by atoms with van der Waals surface area (Å²) in [5.74, 6) is 1.31. The fourth-order valence-corrected chi connectivity index (χ4v) is 4.15. The molecule has 5 heteroatoms. The molecule has 0 saturated heterocycles. The third kappa shape index (κ3) is 3.48. The van der Waals surface area contributed by atoms with Crippen LogP contribution in [0.4, 0.5) is 5.95 Å². The van der Waals surface area contributed by atoms with Gasteiger partial charge in [0.25, 0.3) is 0 Å². The van der Waals surface area contributed by atoms with Gasteiger partial charge in [-0.2, -0.15) is 5.10 Å². The highest BCUT2D eigenvalue weighted by molar-refractivity contribution is 6.02. The van der Waals surface area contributed by atoms with Gasteiger partial charge in [-0.05, 0) is 30.2 Å². The second-order valence-electron chi connectivity index (χ2n) is 7.82. The lowest BCUT2D eigenvalue weighted by Gasteiger charge is -2.25. The molecule has 1 aliphatic heterocycles. The predicted molar refractivity (Wildman–Crippen MR) is 125 cm³/mol. The molecule has 0 aliphatic carbocycles. The molecule has 154 valence electrons. The number of nitrogens with zero attached hydrogens (tertiary/aromatic N) is 3. The number of ether oxygens (including phenoxy) is 1. The zero-order valence-corrected chi connectivity index (χ0v) is 17.6. The van der Waals surface area contributed by atoms with E-state index in [9.17, 15) is 0 Å². The van der Waals surface area contributed by atoms with Crippen LogP contribution >= 0.6 is 0 Å². The van der Waals surface area contributed by atoms with E-state index in [-0.39, 0.29) is 5.92 Å². The summed E-state index contributed by atoms with van der Waals surface area (Å²) in [5, 5.41) is 4.91. The highest BCUT2D eigenvalue weighted by Crippen LogP contribution is 2.40. The number of rotatable bonds is 4. The van der Waals surface area contributed by atoms with Gasteiger partial charge in [-0.1, -0.05) is 72.3 Å². The molecular weight excluding hydrogens is 384 g/mol. The molecular formula is C26H24N4O. The van der Waals surface area contributed by atoms with Crippen LogP contribution in [0.3, 0.4) is 0 Å². The van der Waals surface area contributed by atoms with E-state index in [0.717, 1.165) is 40.4 Å². The zero-order chi connectivity index (χ0) is 21.4. The molecule has 0 bridgehead atoms. The molecule has 0 fully saturated rings. The Balaban J connectivity index is 1.70. The van der Waals surface area contributed by atoms with E-state index in [0.29, 0.717) is 5.95 Å². The number of methoxy groups -OCH3 is 1. The van der Waals surface area contributed by atoms with E-state index in [2.05, 4.69) is 55.5 Å². The summed E-state index contributed by atoms with van der Waals surface area (Å²) in [7, 11) is 1.68. The molecule has 1 atom stereocenters. The van der Waals surface area contributed by atoms with Crippen LogP contribution in [0.25, 0.3) is 11.3 Å². The first-order valence-electron chi connectivity index (χ1n) is 10.4. The monoisotopic (exact) mass is 408 g/mol. The first-order chi connectivity index (χ1) is 15.1. The molecule has 5 rings (SSSR count). The van der Waals surface area contributed by atoms with Gasteiger partial charge in [0.15, 0.2) is 0 Å². The summed E-state index contributed by atoms with van der Waals surface area (Å²) in [6, 6.07) is 26.9. The van der Waals surface area contributed by atoms with Gasteiger partial charge in [-0.3, -0.25) is 0 Å². The Morgan fingerprint density at radius 3 is 2.29 bits per heavy atom. The van der Waals surface area contributed by atoms with Gasteiger partial charge in [-0.25, -0.2) is 9.66 Å². The molecule has 1 unspecified atom stereocenters. The van der Waals surface area contributed by atoms with Crippen LogP contribution in [-0.2, 0) is 0 Å². The van der Waals surface area contributed by atoms with Crippen LogP contribution in [0.1, 0.15) is 34.7 Å². The normalized spacial score (nSPS) is 15.3. The van der Waals surface area contributed by atoms with Crippen molar-refractivity contribution < 1.29 is 4.74 Å². The van der Waals surface area contributed by atoms with Crippen molar-refractivity contribution in [3.8, 4) is 17.0 Å². The van der Waals surface area contributed by atoms with Crippen molar-refractivity contribution in [1.29, 1.82) is 0 Å². The van der Waals surface area contributed by atoms with Crippen molar-refractivity contribution in [2.45, 2.75) is 19.3 Å². The average molecular weight is 409 g/mol. The van der Waals surface area contributed by atoms with Gasteiger partial charge in [0.2, 0.25) is 5.95 Å². The van der Waals surface area contributed by atoms with E-state index in [1.54, 1.807) is 7.11 Å². The number of hydrogen-bond donors (Lipinski definition) is 1. The lowest BCUT2D eigenvalue weighted by Crippen LogP contribution is -2.21. The van der Waals surface area contributed by atoms with Crippen molar-refractivity contribution in [1.82, 2.24) is 9.66 Å². The SMILES string of the molecule is COc1ccc(C2CC(c3ccccc3)=Nn3c(N)nc(-c4ccc(C)cc4)c32)cc1. The van der Waals surface area contributed by atoms with E-state index < -0.39 is 0 Å². The second kappa shape index (κ2) is 7.76. The van der Waals surface area contributed by atoms with Gasteiger partial charge in [0.05, 0.1) is 24.2 Å². The molecule has 3 aromatic carbocycles. The zero-order valence-electron chi connectivity index (χ0n) is 17.6. The standard InChI is InChI=1S/C26H24N4O/c1-17-8-10-20(11-9-17)24-25-22(18-12-14-21(31-2)15-13-18)16-23(19-6-4-3-5-7-19)29-30(25)26(27)28-24/h3-15,22H,16H2,1-2H3,(H2,27,28). The minimum atomic E-state index is 0.0692. The first kappa shape index (κ1) is 19.1. The maximum atomic E-state index is 6.38. The Labute approximate surface area is 181 Å². The molecule has 0 amide bonds. The highest BCUT2D eigenvalue weighted by atomic mass is 16.5. The van der Waals surface area contributed by atoms with Crippen LogP contribution in [-0.4, -0.2) is 22.5 Å². The van der Waals surface area contributed by atoms with Crippen LogP contribution in [0.15, 0.2) is 84.0 Å². The van der Waals surface area contributed by atoms with Crippen molar-refractivity contribution in [3.63, 3.8) is 0 Å². The summed E-state index contributed by atoms with van der Waals surface area (Å²) >= 11 is 0. The summed E-state index contributed by atoms with van der Waals surface area (Å²) in [4.78, 5) is 4.74. The maximum absolute atomic E-state index is 6.38. The van der Waals surface area contributed by atoms with Gasteiger partial charge in [0, 0.05) is 17.9 Å². The number of hydrogen-bond acceptors (Lipinski definition) is 4. The smallest absolute Gasteiger partial charge is 0.222 e. The molecule has 5 nitrogen and oxygen atoms in total. The maximum Gasteiger partial charge on any atom is 0.222 e. The summed E-state index contributed by atoms with van der Waals surface area (Å²) < 4.78 is 7.18. The van der Waals surface area contributed by atoms with Gasteiger partial charge in [-0.15, -0.1) is 0 Å². The Kier molecular flexibility index (Phi) is 4.79. The summed E-state index contributed by atoms with van der Waals surface area (Å²) in [5.41, 5.74) is 13.8. The first-order valence-corrected chi connectivity index (χ1v) is 10.4. The number of aryl methyl sites for hydroxylation is 1. The summed E-state index contributed by atoms with van der Waals surface area (Å²) in [6.45, 7) is 2.08. The van der Waals surface area contributed by atoms with E-state index in [4.69, 9.17) is 20.6 Å². The third-order valence-corrected chi connectivity index (χ3v) is 5.81. The van der Waals surface area contributed by atoms with Crippen molar-refractivity contribution in [2.75, 3.05) is 12.8 Å². The number of aromatic nitrogens is 2. The van der Waals surface area contributed by atoms with Gasteiger partial charge in [0.1, 0.15) is 5.75 Å². The van der Waals surface area contributed by atoms with Crippen LogP contribution in [0.5, 0.6) is 5.75 Å². The molecule has 4 aromatic rings. The minimum Gasteiger partial charge on any atom is -0.497 e. The second-order valence-corrected chi connectivity index (χ2v) is 7.82. The number of anilines is 1. The van der Waals surface area contributed by atoms with E-state index >= 15 is 0 Å². The Morgan fingerprint density at radius 2 is 1.61 bits per heavy atom. The van der Waals surface area contributed by atoms with Crippen LogP contribution in [0, 0.1) is 6.92 Å². The van der Waals surface area contributed by atoms with E-state index in [1.165, 1.54) is 11.1 Å². The minimum absolute atomic E-state index is 0.0692. The molecule has 2 N–H and O–H groups in total. The fourth-order valence-electron chi connectivity index (χ4n) is 4.15. The highest BCUT2D eigenvalue weighted by Gasteiger charge is 2.31. The number of fused-ring (bicyclic) bond motifs is 1. The van der Waals surface area contributed by atoms with Crippen molar-refractivity contribution in [3.05, 3.63) is 101 Å². The molecule has 2 heterocycles. The molecule has 0 saturated carbocycles. The van der Waals surface area contributed by atoms with Crippen LogP contribution < -0.4 is 10.5 Å². The molecule has 31 heavy (non-hydrogen) atoms. The van der Waals surface area contributed by atoms with E-state index in [1.807, 2.05) is 35.0 Å². The number of imidazole rings is 1. The Bertz CT molecular complexity index is 1240. The van der Waals surface area contributed by atoms with Gasteiger partial charge >= 0.3 is 0 Å². The van der Waals surface area contributed by atoms with Crippen molar-refractivity contribution in [2.24, 2.45) is 5.10 Å². The topological polar surface area (TPSA) is 65.4 Å². The summed E-state index contributed by atoms with van der Waals surface area (Å²) in [6.07, 6.45) is 0.764.